The largest absolute Gasteiger partial charge is 0.454 e. The predicted molar refractivity (Wildman–Crippen MR) is 105 cm³/mol. The van der Waals surface area contributed by atoms with Gasteiger partial charge in [0, 0.05) is 12.1 Å². The Kier molecular flexibility index (Phi) is 6.35. The van der Waals surface area contributed by atoms with E-state index in [-0.39, 0.29) is 16.9 Å². The number of alkyl halides is 2. The first-order valence-corrected chi connectivity index (χ1v) is 10.9. The molecule has 0 aliphatic carbocycles. The first kappa shape index (κ1) is 21.7. The molecule has 7 nitrogen and oxygen atoms in total. The lowest BCUT2D eigenvalue weighted by Gasteiger charge is -2.29. The molecule has 0 atom stereocenters. The molecule has 1 heterocycles. The van der Waals surface area contributed by atoms with Gasteiger partial charge < -0.3 is 9.47 Å². The molecule has 1 aliphatic heterocycles. The number of nitrogens with zero attached hydrogens (tertiary/aromatic N) is 1. The number of rotatable bonds is 7. The van der Waals surface area contributed by atoms with Gasteiger partial charge in [-0.15, -0.1) is 0 Å². The standard InChI is InChI=1S/C20H19F2NO6S/c1-30(26,27)23-9-3-5-13-10-14(7-8-17(13)23)18(24)12-28-19(25)15-4-2-6-16(11-15)29-20(21)22/h2,4,6-8,10-11,20H,3,5,9,12H2,1H3. The lowest BCUT2D eigenvalue weighted by Crippen LogP contribution is -2.34. The fourth-order valence-electron chi connectivity index (χ4n) is 3.18. The first-order chi connectivity index (χ1) is 14.1. The van der Waals surface area contributed by atoms with Gasteiger partial charge in [-0.2, -0.15) is 8.78 Å². The molecule has 0 spiro atoms. The lowest BCUT2D eigenvalue weighted by atomic mass is 9.99. The maximum Gasteiger partial charge on any atom is 0.387 e. The highest BCUT2D eigenvalue weighted by Crippen LogP contribution is 2.30. The summed E-state index contributed by atoms with van der Waals surface area (Å²) >= 11 is 0. The van der Waals surface area contributed by atoms with Gasteiger partial charge in [-0.3, -0.25) is 9.10 Å². The number of esters is 1. The Hall–Kier alpha value is -3.01. The number of halogens is 2. The number of anilines is 1. The molecule has 160 valence electrons. The summed E-state index contributed by atoms with van der Waals surface area (Å²) < 4.78 is 58.9. The number of aryl methyl sites for hydroxylation is 1. The monoisotopic (exact) mass is 439 g/mol. The zero-order valence-electron chi connectivity index (χ0n) is 16.0. The number of carbonyl (C=O) groups excluding carboxylic acids is 2. The van der Waals surface area contributed by atoms with Gasteiger partial charge in [0.2, 0.25) is 10.0 Å². The van der Waals surface area contributed by atoms with Gasteiger partial charge in [0.1, 0.15) is 5.75 Å². The Bertz CT molecular complexity index is 1070. The van der Waals surface area contributed by atoms with Gasteiger partial charge in [-0.25, -0.2) is 13.2 Å². The molecule has 0 radical (unpaired) electrons. The number of hydrogen-bond acceptors (Lipinski definition) is 6. The van der Waals surface area contributed by atoms with Crippen LogP contribution in [0.25, 0.3) is 0 Å². The zero-order chi connectivity index (χ0) is 21.9. The van der Waals surface area contributed by atoms with Crippen LogP contribution < -0.4 is 9.04 Å². The van der Waals surface area contributed by atoms with Gasteiger partial charge in [-0.05, 0) is 54.8 Å². The van der Waals surface area contributed by atoms with Crippen LogP contribution in [0.2, 0.25) is 0 Å². The average molecular weight is 439 g/mol. The molecular formula is C20H19F2NO6S. The lowest BCUT2D eigenvalue weighted by molar-refractivity contribution is -0.0499. The van der Waals surface area contributed by atoms with E-state index in [9.17, 15) is 26.8 Å². The van der Waals surface area contributed by atoms with E-state index in [1.807, 2.05) is 0 Å². The summed E-state index contributed by atoms with van der Waals surface area (Å²) in [5.41, 5.74) is 1.51. The number of ether oxygens (including phenoxy) is 2. The van der Waals surface area contributed by atoms with Crippen LogP contribution in [0.4, 0.5) is 14.5 Å². The highest BCUT2D eigenvalue weighted by molar-refractivity contribution is 7.92. The molecule has 0 N–H and O–H groups in total. The number of sulfonamides is 1. The van der Waals surface area contributed by atoms with Crippen LogP contribution >= 0.6 is 0 Å². The number of fused-ring (bicyclic) bond motifs is 1. The van der Waals surface area contributed by atoms with Crippen molar-refractivity contribution < 1.29 is 36.3 Å². The third kappa shape index (κ3) is 5.12. The minimum absolute atomic E-state index is 0.0322. The molecule has 0 fully saturated rings. The molecule has 2 aromatic carbocycles. The number of ketones is 1. The van der Waals surface area contributed by atoms with Gasteiger partial charge in [0.15, 0.2) is 12.4 Å². The Morgan fingerprint density at radius 3 is 2.60 bits per heavy atom. The second-order valence-corrected chi connectivity index (χ2v) is 8.59. The highest BCUT2D eigenvalue weighted by atomic mass is 32.2. The second kappa shape index (κ2) is 8.78. The third-order valence-electron chi connectivity index (χ3n) is 4.51. The Morgan fingerprint density at radius 1 is 1.13 bits per heavy atom. The minimum atomic E-state index is -3.41. The van der Waals surface area contributed by atoms with E-state index >= 15 is 0 Å². The van der Waals surface area contributed by atoms with Crippen molar-refractivity contribution in [2.75, 3.05) is 23.7 Å². The van der Waals surface area contributed by atoms with Gasteiger partial charge in [0.25, 0.3) is 0 Å². The van der Waals surface area contributed by atoms with Crippen LogP contribution in [-0.4, -0.2) is 46.2 Å². The molecule has 0 saturated heterocycles. The van der Waals surface area contributed by atoms with E-state index < -0.39 is 35.0 Å². The molecule has 0 aromatic heterocycles. The van der Waals surface area contributed by atoms with Gasteiger partial charge >= 0.3 is 12.6 Å². The van der Waals surface area contributed by atoms with Crippen molar-refractivity contribution in [1.29, 1.82) is 0 Å². The SMILES string of the molecule is CS(=O)(=O)N1CCCc2cc(C(=O)COC(=O)c3cccc(OC(F)F)c3)ccc21. The molecule has 2 aromatic rings. The minimum Gasteiger partial charge on any atom is -0.454 e. The summed E-state index contributed by atoms with van der Waals surface area (Å²) in [5, 5.41) is 0. The van der Waals surface area contributed by atoms with E-state index in [0.717, 1.165) is 17.9 Å². The molecular weight excluding hydrogens is 420 g/mol. The van der Waals surface area contributed by atoms with Crippen LogP contribution in [0, 0.1) is 0 Å². The van der Waals surface area contributed by atoms with E-state index in [0.29, 0.717) is 25.1 Å². The average Bonchev–Trinajstić information content (AvgIpc) is 2.69. The van der Waals surface area contributed by atoms with Crippen molar-refractivity contribution >= 4 is 27.5 Å². The fraction of sp³-hybridized carbons (Fsp3) is 0.300. The van der Waals surface area contributed by atoms with Crippen LogP contribution in [0.3, 0.4) is 0 Å². The quantitative estimate of drug-likeness (QED) is 0.487. The number of Topliss-reactive ketones (excluding diaryl/α,β-unsaturated/α-hetero) is 1. The van der Waals surface area contributed by atoms with Crippen LogP contribution in [0.1, 0.15) is 32.7 Å². The van der Waals surface area contributed by atoms with E-state index in [2.05, 4.69) is 4.74 Å². The van der Waals surface area contributed by atoms with Gasteiger partial charge in [0.05, 0.1) is 17.5 Å². The second-order valence-electron chi connectivity index (χ2n) is 6.69. The maximum atomic E-state index is 12.4. The van der Waals surface area contributed by atoms with Crippen molar-refractivity contribution in [3.63, 3.8) is 0 Å². The molecule has 0 amide bonds. The molecule has 0 saturated carbocycles. The molecule has 10 heteroatoms. The van der Waals surface area contributed by atoms with Crippen LogP contribution in [0.5, 0.6) is 5.75 Å². The Labute approximate surface area is 172 Å². The summed E-state index contributed by atoms with van der Waals surface area (Å²) in [5.74, 6) is -1.53. The molecule has 0 unspecified atom stereocenters. The van der Waals surface area contributed by atoms with Crippen molar-refractivity contribution in [3.05, 3.63) is 59.2 Å². The normalized spacial score (nSPS) is 13.7. The summed E-state index contributed by atoms with van der Waals surface area (Å²) in [7, 11) is -3.41. The molecule has 0 bridgehead atoms. The highest BCUT2D eigenvalue weighted by Gasteiger charge is 2.25. The van der Waals surface area contributed by atoms with Crippen molar-refractivity contribution in [1.82, 2.24) is 0 Å². The smallest absolute Gasteiger partial charge is 0.387 e. The van der Waals surface area contributed by atoms with E-state index in [1.165, 1.54) is 28.6 Å². The van der Waals surface area contributed by atoms with E-state index in [1.54, 1.807) is 12.1 Å². The summed E-state index contributed by atoms with van der Waals surface area (Å²) in [6, 6.07) is 9.71. The predicted octanol–water partition coefficient (Wildman–Crippen LogP) is 3.04. The topological polar surface area (TPSA) is 90.0 Å². The number of carbonyl (C=O) groups is 2. The number of hydrogen-bond donors (Lipinski definition) is 0. The molecule has 30 heavy (non-hydrogen) atoms. The Morgan fingerprint density at radius 2 is 1.90 bits per heavy atom. The van der Waals surface area contributed by atoms with Crippen molar-refractivity contribution in [2.45, 2.75) is 19.5 Å². The van der Waals surface area contributed by atoms with Crippen LogP contribution in [-0.2, 0) is 21.2 Å². The molecule has 1 aliphatic rings. The van der Waals surface area contributed by atoms with Crippen LogP contribution in [0.15, 0.2) is 42.5 Å². The Balaban J connectivity index is 1.68. The van der Waals surface area contributed by atoms with Crippen molar-refractivity contribution in [2.24, 2.45) is 0 Å². The number of benzene rings is 2. The zero-order valence-corrected chi connectivity index (χ0v) is 16.8. The molecule has 3 rings (SSSR count). The van der Waals surface area contributed by atoms with Crippen molar-refractivity contribution in [3.8, 4) is 5.75 Å². The fourth-order valence-corrected chi connectivity index (χ4v) is 4.17. The maximum absolute atomic E-state index is 12.4. The third-order valence-corrected chi connectivity index (χ3v) is 5.69. The summed E-state index contributed by atoms with van der Waals surface area (Å²) in [4.78, 5) is 24.5. The van der Waals surface area contributed by atoms with E-state index in [4.69, 9.17) is 4.74 Å². The summed E-state index contributed by atoms with van der Waals surface area (Å²) in [6.45, 7) is -3.20. The van der Waals surface area contributed by atoms with Gasteiger partial charge in [-0.1, -0.05) is 6.07 Å². The first-order valence-electron chi connectivity index (χ1n) is 9.01. The summed E-state index contributed by atoms with van der Waals surface area (Å²) in [6.07, 6.45) is 2.38.